The highest BCUT2D eigenvalue weighted by atomic mass is 16.3. The van der Waals surface area contributed by atoms with E-state index in [1.807, 2.05) is 18.2 Å². The number of aliphatic hydroxyl groups is 1. The first kappa shape index (κ1) is 17.6. The molecular weight excluding hydrogens is 316 g/mol. The number of rotatable bonds is 8. The van der Waals surface area contributed by atoms with Crippen LogP contribution < -0.4 is 5.32 Å². The number of carbonyl (C=O) groups excluding carboxylic acids is 1. The number of aromatic nitrogens is 2. The molecule has 3 N–H and O–H groups in total. The van der Waals surface area contributed by atoms with Gasteiger partial charge in [0.25, 0.3) is 5.91 Å². The predicted octanol–water partition coefficient (Wildman–Crippen LogP) is 1.14. The fourth-order valence-electron chi connectivity index (χ4n) is 3.29. The first-order valence-electron chi connectivity index (χ1n) is 8.91. The predicted molar refractivity (Wildman–Crippen MR) is 96.1 cm³/mol. The minimum atomic E-state index is -1.29. The first-order chi connectivity index (χ1) is 12.2. The quantitative estimate of drug-likeness (QED) is 0.629. The van der Waals surface area contributed by atoms with Crippen LogP contribution in [0.4, 0.5) is 0 Å². The summed E-state index contributed by atoms with van der Waals surface area (Å²) < 4.78 is 0. The van der Waals surface area contributed by atoms with Crippen molar-refractivity contribution in [3.05, 3.63) is 54.1 Å². The van der Waals surface area contributed by atoms with Gasteiger partial charge in [-0.25, -0.2) is 4.98 Å². The zero-order valence-corrected chi connectivity index (χ0v) is 14.4. The molecule has 1 aromatic heterocycles. The summed E-state index contributed by atoms with van der Waals surface area (Å²) in [5.41, 5.74) is 0.962. The third-order valence-corrected chi connectivity index (χ3v) is 4.76. The summed E-state index contributed by atoms with van der Waals surface area (Å²) in [6.45, 7) is 2.37. The number of likely N-dealkylation sites (tertiary alicyclic amines) is 1. The summed E-state index contributed by atoms with van der Waals surface area (Å²) >= 11 is 0. The number of nitrogens with zero attached hydrogens (tertiary/aromatic N) is 2. The van der Waals surface area contributed by atoms with Gasteiger partial charge in [0.1, 0.15) is 0 Å². The van der Waals surface area contributed by atoms with Crippen molar-refractivity contribution in [2.24, 2.45) is 0 Å². The molecule has 0 saturated carbocycles. The Hall–Kier alpha value is -2.18. The van der Waals surface area contributed by atoms with Gasteiger partial charge in [0.05, 0.1) is 6.33 Å². The largest absolute Gasteiger partial charge is 0.379 e. The highest BCUT2D eigenvalue weighted by Gasteiger charge is 2.41. The Kier molecular flexibility index (Phi) is 5.83. The van der Waals surface area contributed by atoms with E-state index in [4.69, 9.17) is 0 Å². The molecule has 1 saturated heterocycles. The van der Waals surface area contributed by atoms with Crippen LogP contribution in [-0.2, 0) is 17.6 Å². The normalized spacial score (nSPS) is 20.8. The molecule has 2 heterocycles. The van der Waals surface area contributed by atoms with Crippen molar-refractivity contribution in [1.29, 1.82) is 0 Å². The van der Waals surface area contributed by atoms with Crippen molar-refractivity contribution in [3.63, 3.8) is 0 Å². The van der Waals surface area contributed by atoms with Gasteiger partial charge in [-0.1, -0.05) is 30.3 Å². The molecule has 1 amide bonds. The van der Waals surface area contributed by atoms with Gasteiger partial charge in [-0.2, -0.15) is 0 Å². The van der Waals surface area contributed by atoms with E-state index in [0.29, 0.717) is 26.1 Å². The van der Waals surface area contributed by atoms with Crippen molar-refractivity contribution in [3.8, 4) is 0 Å². The molecule has 3 rings (SSSR count). The van der Waals surface area contributed by atoms with E-state index < -0.39 is 5.60 Å². The monoisotopic (exact) mass is 342 g/mol. The summed E-state index contributed by atoms with van der Waals surface area (Å²) in [7, 11) is 0. The molecular formula is C19H26N4O2. The van der Waals surface area contributed by atoms with E-state index in [9.17, 15) is 9.90 Å². The Morgan fingerprint density at radius 3 is 2.88 bits per heavy atom. The van der Waals surface area contributed by atoms with Crippen molar-refractivity contribution in [2.75, 3.05) is 26.2 Å². The van der Waals surface area contributed by atoms with Crippen molar-refractivity contribution < 1.29 is 9.90 Å². The van der Waals surface area contributed by atoms with Crippen LogP contribution in [0.2, 0.25) is 0 Å². The lowest BCUT2D eigenvalue weighted by Gasteiger charge is -2.38. The third kappa shape index (κ3) is 4.67. The van der Waals surface area contributed by atoms with Gasteiger partial charge in [0.2, 0.25) is 0 Å². The van der Waals surface area contributed by atoms with E-state index in [-0.39, 0.29) is 5.91 Å². The number of benzene rings is 1. The SMILES string of the molecule is O=C1N(CCc2ccccc2)CCC[C@]1(O)CNCCc1cnc[nH]1. The van der Waals surface area contributed by atoms with Gasteiger partial charge < -0.3 is 20.3 Å². The Morgan fingerprint density at radius 2 is 2.12 bits per heavy atom. The molecule has 25 heavy (non-hydrogen) atoms. The Balaban J connectivity index is 1.47. The average molecular weight is 342 g/mol. The Bertz CT molecular complexity index is 659. The molecule has 1 aliphatic heterocycles. The number of hydrogen-bond donors (Lipinski definition) is 3. The third-order valence-electron chi connectivity index (χ3n) is 4.76. The standard InChI is InChI=1S/C19H26N4O2/c24-18-19(25,14-20-10-7-17-13-21-15-22-17)9-4-11-23(18)12-8-16-5-2-1-3-6-16/h1-3,5-6,13,15,20,25H,4,7-12,14H2,(H,21,22)/t19-/m0/s1. The van der Waals surface area contributed by atoms with Crippen LogP contribution in [0.1, 0.15) is 24.1 Å². The molecule has 0 unspecified atom stereocenters. The maximum Gasteiger partial charge on any atom is 0.255 e. The van der Waals surface area contributed by atoms with Gasteiger partial charge in [-0.3, -0.25) is 4.79 Å². The second kappa shape index (κ2) is 8.27. The number of hydrogen-bond acceptors (Lipinski definition) is 4. The van der Waals surface area contributed by atoms with Gasteiger partial charge in [-0.15, -0.1) is 0 Å². The van der Waals surface area contributed by atoms with Crippen LogP contribution in [0.3, 0.4) is 0 Å². The van der Waals surface area contributed by atoms with Gasteiger partial charge in [-0.05, 0) is 24.8 Å². The summed E-state index contributed by atoms with van der Waals surface area (Å²) in [4.78, 5) is 21.5. The van der Waals surface area contributed by atoms with Crippen LogP contribution in [0, 0.1) is 0 Å². The fraction of sp³-hybridized carbons (Fsp3) is 0.474. The van der Waals surface area contributed by atoms with Crippen molar-refractivity contribution in [1.82, 2.24) is 20.2 Å². The molecule has 1 atom stereocenters. The van der Waals surface area contributed by atoms with Crippen molar-refractivity contribution in [2.45, 2.75) is 31.3 Å². The lowest BCUT2D eigenvalue weighted by molar-refractivity contribution is -0.156. The summed E-state index contributed by atoms with van der Waals surface area (Å²) in [6, 6.07) is 10.1. The molecule has 1 fully saturated rings. The molecule has 6 heteroatoms. The minimum Gasteiger partial charge on any atom is -0.379 e. The second-order valence-corrected chi connectivity index (χ2v) is 6.67. The van der Waals surface area contributed by atoms with E-state index in [2.05, 4.69) is 27.4 Å². The number of nitrogens with one attached hydrogen (secondary N) is 2. The molecule has 2 aromatic rings. The van der Waals surface area contributed by atoms with Gasteiger partial charge in [0, 0.05) is 44.5 Å². The number of amides is 1. The summed E-state index contributed by atoms with van der Waals surface area (Å²) in [5.74, 6) is -0.149. The van der Waals surface area contributed by atoms with Gasteiger partial charge in [0.15, 0.2) is 5.60 Å². The van der Waals surface area contributed by atoms with Gasteiger partial charge >= 0.3 is 0 Å². The zero-order chi connectivity index (χ0) is 17.5. The molecule has 6 nitrogen and oxygen atoms in total. The smallest absolute Gasteiger partial charge is 0.255 e. The number of imidazole rings is 1. The summed E-state index contributed by atoms with van der Waals surface area (Å²) in [5, 5.41) is 14.0. The Morgan fingerprint density at radius 1 is 1.28 bits per heavy atom. The van der Waals surface area contributed by atoms with Crippen LogP contribution in [0.15, 0.2) is 42.9 Å². The zero-order valence-electron chi connectivity index (χ0n) is 14.4. The van der Waals surface area contributed by atoms with E-state index in [1.165, 1.54) is 5.56 Å². The number of H-pyrrole nitrogens is 1. The highest BCUT2D eigenvalue weighted by Crippen LogP contribution is 2.22. The molecule has 0 radical (unpaired) electrons. The Labute approximate surface area is 148 Å². The van der Waals surface area contributed by atoms with E-state index in [0.717, 1.165) is 31.5 Å². The maximum atomic E-state index is 12.7. The van der Waals surface area contributed by atoms with Crippen LogP contribution >= 0.6 is 0 Å². The van der Waals surface area contributed by atoms with Crippen LogP contribution in [-0.4, -0.2) is 57.7 Å². The fourth-order valence-corrected chi connectivity index (χ4v) is 3.29. The first-order valence-corrected chi connectivity index (χ1v) is 8.91. The highest BCUT2D eigenvalue weighted by molar-refractivity contribution is 5.86. The molecule has 0 bridgehead atoms. The molecule has 1 aromatic carbocycles. The second-order valence-electron chi connectivity index (χ2n) is 6.67. The molecule has 1 aliphatic rings. The lowest BCUT2D eigenvalue weighted by atomic mass is 9.91. The maximum absolute atomic E-state index is 12.7. The topological polar surface area (TPSA) is 81.2 Å². The summed E-state index contributed by atoms with van der Waals surface area (Å²) in [6.07, 6.45) is 6.40. The number of piperidine rings is 1. The molecule has 134 valence electrons. The van der Waals surface area contributed by atoms with Crippen LogP contribution in [0.5, 0.6) is 0 Å². The lowest BCUT2D eigenvalue weighted by Crippen LogP contribution is -2.58. The number of carbonyl (C=O) groups is 1. The van der Waals surface area contributed by atoms with Crippen molar-refractivity contribution >= 4 is 5.91 Å². The van der Waals surface area contributed by atoms with E-state index in [1.54, 1.807) is 17.4 Å². The number of aromatic amines is 1. The molecule has 0 spiro atoms. The van der Waals surface area contributed by atoms with Crippen LogP contribution in [0.25, 0.3) is 0 Å². The van der Waals surface area contributed by atoms with E-state index >= 15 is 0 Å². The molecule has 0 aliphatic carbocycles. The minimum absolute atomic E-state index is 0.149. The average Bonchev–Trinajstić information content (AvgIpc) is 3.15.